The minimum absolute atomic E-state index is 0.196. The van der Waals surface area contributed by atoms with Crippen LogP contribution in [0.5, 0.6) is 0 Å². The zero-order valence-electron chi connectivity index (χ0n) is 7.87. The molecule has 1 aliphatic carbocycles. The van der Waals surface area contributed by atoms with Gasteiger partial charge in [0.15, 0.2) is 0 Å². The van der Waals surface area contributed by atoms with E-state index in [1.54, 1.807) is 0 Å². The van der Waals surface area contributed by atoms with Gasteiger partial charge in [0.2, 0.25) is 5.91 Å². The van der Waals surface area contributed by atoms with Gasteiger partial charge in [0.05, 0.1) is 0 Å². The van der Waals surface area contributed by atoms with Crippen LogP contribution in [0.4, 0.5) is 0 Å². The lowest BCUT2D eigenvalue weighted by Gasteiger charge is -2.26. The van der Waals surface area contributed by atoms with Gasteiger partial charge in [0.25, 0.3) is 0 Å². The van der Waals surface area contributed by atoms with Crippen molar-refractivity contribution in [1.29, 1.82) is 0 Å². The summed E-state index contributed by atoms with van der Waals surface area (Å²) in [4.78, 5) is 20.9. The highest BCUT2D eigenvalue weighted by molar-refractivity contribution is 5.73. The van der Waals surface area contributed by atoms with Crippen LogP contribution in [0, 0.1) is 11.8 Å². The highest BCUT2D eigenvalue weighted by Gasteiger charge is 2.21. The first-order valence-corrected chi connectivity index (χ1v) is 4.94. The van der Waals surface area contributed by atoms with Gasteiger partial charge in [-0.15, -0.1) is 0 Å². The molecule has 0 aromatic heterocycles. The summed E-state index contributed by atoms with van der Waals surface area (Å²) in [5, 5.41) is 0. The number of amides is 1. The lowest BCUT2D eigenvalue weighted by molar-refractivity contribution is -0.119. The lowest BCUT2D eigenvalue weighted by atomic mass is 9.79. The van der Waals surface area contributed by atoms with Crippen LogP contribution in [-0.2, 0) is 9.59 Å². The number of carbonyl (C=O) groups excluding carboxylic acids is 2. The van der Waals surface area contributed by atoms with Crippen molar-refractivity contribution < 1.29 is 9.59 Å². The van der Waals surface area contributed by atoms with Gasteiger partial charge in [-0.05, 0) is 37.5 Å². The van der Waals surface area contributed by atoms with Crippen molar-refractivity contribution in [1.82, 2.24) is 0 Å². The van der Waals surface area contributed by atoms with Crippen molar-refractivity contribution in [3.63, 3.8) is 0 Å². The number of primary amides is 1. The molecule has 3 nitrogen and oxygen atoms in total. The highest BCUT2D eigenvalue weighted by Crippen LogP contribution is 2.31. The summed E-state index contributed by atoms with van der Waals surface area (Å²) in [6.45, 7) is 0. The largest absolute Gasteiger partial charge is 0.370 e. The van der Waals surface area contributed by atoms with Crippen LogP contribution in [0.3, 0.4) is 0 Å². The van der Waals surface area contributed by atoms with E-state index in [1.807, 2.05) is 0 Å². The van der Waals surface area contributed by atoms with Gasteiger partial charge in [-0.2, -0.15) is 0 Å². The summed E-state index contributed by atoms with van der Waals surface area (Å²) < 4.78 is 0. The Bertz CT molecular complexity index is 183. The fourth-order valence-corrected chi connectivity index (χ4v) is 2.09. The number of carbonyl (C=O) groups is 2. The zero-order valence-corrected chi connectivity index (χ0v) is 7.87. The van der Waals surface area contributed by atoms with Crippen molar-refractivity contribution in [3.8, 4) is 0 Å². The molecule has 0 aromatic carbocycles. The maximum Gasteiger partial charge on any atom is 0.217 e. The van der Waals surface area contributed by atoms with E-state index in [1.165, 1.54) is 0 Å². The van der Waals surface area contributed by atoms with Gasteiger partial charge in [0.1, 0.15) is 6.29 Å². The van der Waals surface area contributed by atoms with Crippen LogP contribution in [0.2, 0.25) is 0 Å². The number of hydrogen-bond donors (Lipinski definition) is 1. The third kappa shape index (κ3) is 3.57. The Hall–Kier alpha value is -0.860. The SMILES string of the molecule is NC(=O)CC1CCC(CC=O)CC1. The topological polar surface area (TPSA) is 60.2 Å². The number of nitrogens with two attached hydrogens (primary N) is 1. The maximum atomic E-state index is 10.6. The second-order valence-electron chi connectivity index (χ2n) is 3.96. The van der Waals surface area contributed by atoms with Gasteiger partial charge in [0, 0.05) is 12.8 Å². The normalized spacial score (nSPS) is 28.3. The molecule has 0 atom stereocenters. The molecule has 0 spiro atoms. The molecule has 1 aliphatic rings. The molecule has 0 radical (unpaired) electrons. The molecule has 1 saturated carbocycles. The smallest absolute Gasteiger partial charge is 0.217 e. The molecule has 0 saturated heterocycles. The van der Waals surface area contributed by atoms with Gasteiger partial charge in [-0.1, -0.05) is 0 Å². The van der Waals surface area contributed by atoms with E-state index >= 15 is 0 Å². The first-order chi connectivity index (χ1) is 6.22. The van der Waals surface area contributed by atoms with E-state index in [4.69, 9.17) is 5.73 Å². The van der Waals surface area contributed by atoms with Crippen LogP contribution in [-0.4, -0.2) is 12.2 Å². The Morgan fingerprint density at radius 3 is 2.23 bits per heavy atom. The number of aldehydes is 1. The second kappa shape index (κ2) is 5.00. The monoisotopic (exact) mass is 183 g/mol. The summed E-state index contributed by atoms with van der Waals surface area (Å²) in [7, 11) is 0. The molecule has 2 N–H and O–H groups in total. The van der Waals surface area contributed by atoms with E-state index in [9.17, 15) is 9.59 Å². The average molecular weight is 183 g/mol. The Morgan fingerprint density at radius 1 is 1.23 bits per heavy atom. The predicted molar refractivity (Wildman–Crippen MR) is 49.9 cm³/mol. The molecular formula is C10H17NO2. The fraction of sp³-hybridized carbons (Fsp3) is 0.800. The van der Waals surface area contributed by atoms with Crippen LogP contribution in [0.1, 0.15) is 38.5 Å². The van der Waals surface area contributed by atoms with E-state index < -0.39 is 0 Å². The van der Waals surface area contributed by atoms with Crippen molar-refractivity contribution >= 4 is 12.2 Å². The minimum atomic E-state index is -0.196. The summed E-state index contributed by atoms with van der Waals surface area (Å²) in [5.74, 6) is 0.834. The maximum absolute atomic E-state index is 10.6. The lowest BCUT2D eigenvalue weighted by Crippen LogP contribution is -2.21. The van der Waals surface area contributed by atoms with E-state index in [0.717, 1.165) is 32.0 Å². The molecule has 0 unspecified atom stereocenters. The van der Waals surface area contributed by atoms with Crippen molar-refractivity contribution in [3.05, 3.63) is 0 Å². The van der Waals surface area contributed by atoms with Crippen molar-refractivity contribution in [2.45, 2.75) is 38.5 Å². The molecule has 0 bridgehead atoms. The van der Waals surface area contributed by atoms with Crippen molar-refractivity contribution in [2.24, 2.45) is 17.6 Å². The summed E-state index contributed by atoms with van der Waals surface area (Å²) in [5.41, 5.74) is 5.12. The third-order valence-electron chi connectivity index (χ3n) is 2.89. The molecule has 0 aliphatic heterocycles. The van der Waals surface area contributed by atoms with Crippen LogP contribution in [0.15, 0.2) is 0 Å². The Kier molecular flexibility index (Phi) is 3.93. The molecule has 0 aromatic rings. The standard InChI is InChI=1S/C10H17NO2/c11-10(13)7-9-3-1-8(2-4-9)5-6-12/h6,8-9H,1-5,7H2,(H2,11,13). The quantitative estimate of drug-likeness (QED) is 0.667. The van der Waals surface area contributed by atoms with Gasteiger partial charge in [-0.3, -0.25) is 4.79 Å². The van der Waals surface area contributed by atoms with Crippen LogP contribution >= 0.6 is 0 Å². The van der Waals surface area contributed by atoms with Crippen LogP contribution in [0.25, 0.3) is 0 Å². The van der Waals surface area contributed by atoms with Crippen LogP contribution < -0.4 is 5.73 Å². The molecule has 74 valence electrons. The first-order valence-electron chi connectivity index (χ1n) is 4.94. The van der Waals surface area contributed by atoms with Gasteiger partial charge < -0.3 is 10.5 Å². The Balaban J connectivity index is 2.22. The third-order valence-corrected chi connectivity index (χ3v) is 2.89. The minimum Gasteiger partial charge on any atom is -0.370 e. The first kappa shape index (κ1) is 10.2. The average Bonchev–Trinajstić information content (AvgIpc) is 2.08. The Morgan fingerprint density at radius 2 is 1.77 bits per heavy atom. The predicted octanol–water partition coefficient (Wildman–Crippen LogP) is 1.26. The second-order valence-corrected chi connectivity index (χ2v) is 3.96. The summed E-state index contributed by atoms with van der Waals surface area (Å²) in [6.07, 6.45) is 6.48. The molecular weight excluding hydrogens is 166 g/mol. The van der Waals surface area contributed by atoms with Crippen molar-refractivity contribution in [2.75, 3.05) is 0 Å². The zero-order chi connectivity index (χ0) is 9.68. The highest BCUT2D eigenvalue weighted by atomic mass is 16.1. The number of rotatable bonds is 4. The molecule has 0 heterocycles. The summed E-state index contributed by atoms with van der Waals surface area (Å²) in [6, 6.07) is 0. The van der Waals surface area contributed by atoms with Gasteiger partial charge >= 0.3 is 0 Å². The molecule has 1 rings (SSSR count). The molecule has 1 amide bonds. The van der Waals surface area contributed by atoms with E-state index in [-0.39, 0.29) is 5.91 Å². The Labute approximate surface area is 78.7 Å². The fourth-order valence-electron chi connectivity index (χ4n) is 2.09. The van der Waals surface area contributed by atoms with E-state index in [0.29, 0.717) is 24.7 Å². The molecule has 3 heteroatoms. The summed E-state index contributed by atoms with van der Waals surface area (Å²) >= 11 is 0. The number of hydrogen-bond acceptors (Lipinski definition) is 2. The van der Waals surface area contributed by atoms with Gasteiger partial charge in [-0.25, -0.2) is 0 Å². The van der Waals surface area contributed by atoms with E-state index in [2.05, 4.69) is 0 Å². The molecule has 1 fully saturated rings. The molecule has 13 heavy (non-hydrogen) atoms.